The van der Waals surface area contributed by atoms with Crippen LogP contribution in [0.5, 0.6) is 0 Å². The minimum atomic E-state index is -3.11. The van der Waals surface area contributed by atoms with Gasteiger partial charge in [0.1, 0.15) is 15.4 Å². The lowest BCUT2D eigenvalue weighted by molar-refractivity contribution is 0.201. The zero-order valence-corrected chi connectivity index (χ0v) is 15.3. The third-order valence-electron chi connectivity index (χ3n) is 3.71. The van der Waals surface area contributed by atoms with Crippen molar-refractivity contribution in [1.29, 1.82) is 4.78 Å². The molecule has 2 aromatic rings. The lowest BCUT2D eigenvalue weighted by Crippen LogP contribution is -2.35. The number of nitrogens with one attached hydrogen (secondary N) is 2. The molecule has 0 saturated carbocycles. The average molecular weight is 413 g/mol. The van der Waals surface area contributed by atoms with Crippen molar-refractivity contribution in [3.63, 3.8) is 0 Å². The van der Waals surface area contributed by atoms with Crippen LogP contribution >= 0.6 is 15.9 Å². The van der Waals surface area contributed by atoms with Gasteiger partial charge in [-0.3, -0.25) is 0 Å². The fourth-order valence-electron chi connectivity index (χ4n) is 2.34. The second-order valence-corrected chi connectivity index (χ2v) is 8.54. The number of nitrogens with two attached hydrogens (primary N) is 1. The smallest absolute Gasteiger partial charge is 0.231 e. The number of rotatable bonds is 4. The predicted octanol–water partition coefficient (Wildman–Crippen LogP) is 1.95. The molecule has 3 rings (SSSR count). The van der Waals surface area contributed by atoms with Gasteiger partial charge in [0.15, 0.2) is 11.6 Å². The molecule has 0 aliphatic carbocycles. The molecule has 10 heteroatoms. The molecule has 0 radical (unpaired) electrons. The largest absolute Gasteiger partial charge is 0.382 e. The van der Waals surface area contributed by atoms with Crippen LogP contribution in [-0.2, 0) is 16.3 Å². The number of aliphatic hydroxyl groups excluding tert-OH is 1. The Bertz CT molecular complexity index is 872. The minimum Gasteiger partial charge on any atom is -0.382 e. The zero-order valence-electron chi connectivity index (χ0n) is 12.9. The molecule has 128 valence electrons. The molecule has 1 aromatic heterocycles. The van der Waals surface area contributed by atoms with E-state index in [1.54, 1.807) is 11.8 Å². The lowest BCUT2D eigenvalue weighted by Gasteiger charge is -2.21. The number of hydrogen-bond donors (Lipinski definition) is 4. The van der Waals surface area contributed by atoms with E-state index in [1.165, 1.54) is 0 Å². The Labute approximate surface area is 148 Å². The number of fused-ring (bicyclic) bond motifs is 1. The van der Waals surface area contributed by atoms with Gasteiger partial charge in [0, 0.05) is 16.8 Å². The third kappa shape index (κ3) is 3.04. The highest BCUT2D eigenvalue weighted by Gasteiger charge is 2.32. The molecular weight excluding hydrogens is 396 g/mol. The summed E-state index contributed by atoms with van der Waals surface area (Å²) in [5, 5.41) is 13.0. The van der Waals surface area contributed by atoms with Crippen LogP contribution in [0.4, 0.5) is 17.3 Å². The average Bonchev–Trinajstić information content (AvgIpc) is 2.86. The van der Waals surface area contributed by atoms with Crippen LogP contribution in [0.1, 0.15) is 12.5 Å². The Morgan fingerprint density at radius 1 is 1.42 bits per heavy atom. The van der Waals surface area contributed by atoms with Crippen molar-refractivity contribution >= 4 is 43.0 Å². The zero-order chi connectivity index (χ0) is 17.5. The number of hydrogen-bond acceptors (Lipinski definition) is 8. The summed E-state index contributed by atoms with van der Waals surface area (Å²) in [6, 6.07) is 7.64. The molecule has 0 amide bonds. The van der Waals surface area contributed by atoms with E-state index in [1.807, 2.05) is 24.3 Å². The van der Waals surface area contributed by atoms with Crippen molar-refractivity contribution in [1.82, 2.24) is 9.97 Å². The Kier molecular flexibility index (Phi) is 4.37. The number of nitrogens with zero attached hydrogens (tertiary/aromatic N) is 3. The first-order chi connectivity index (χ1) is 11.3. The van der Waals surface area contributed by atoms with Gasteiger partial charge in [0.05, 0.1) is 0 Å². The van der Waals surface area contributed by atoms with Gasteiger partial charge < -0.3 is 21.1 Å². The summed E-state index contributed by atoms with van der Waals surface area (Å²) in [5.41, 5.74) is 7.23. The standard InChI is InChI=1S/C14H17BrN6O2S/c1-2-24(17,23)13-19-11(16)10-12(20-13)21(14(22)18-10)7-8-3-5-9(15)6-4-8/h3-6,14,17-18,22H,2,7H2,1H3,(H2,16,19,20). The molecule has 2 heterocycles. The summed E-state index contributed by atoms with van der Waals surface area (Å²) in [7, 11) is -3.11. The molecule has 0 fully saturated rings. The second kappa shape index (κ2) is 6.19. The quantitative estimate of drug-likeness (QED) is 0.564. The van der Waals surface area contributed by atoms with Gasteiger partial charge in [-0.2, -0.15) is 4.98 Å². The highest BCUT2D eigenvalue weighted by molar-refractivity contribution is 9.10. The number of anilines is 3. The maximum Gasteiger partial charge on any atom is 0.231 e. The fraction of sp³-hybridized carbons (Fsp3) is 0.286. The van der Waals surface area contributed by atoms with Gasteiger partial charge in [0.25, 0.3) is 0 Å². The Morgan fingerprint density at radius 2 is 2.08 bits per heavy atom. The molecule has 5 N–H and O–H groups in total. The van der Waals surface area contributed by atoms with E-state index in [0.29, 0.717) is 18.1 Å². The van der Waals surface area contributed by atoms with Crippen molar-refractivity contribution in [2.24, 2.45) is 0 Å². The number of aromatic nitrogens is 2. The first kappa shape index (κ1) is 16.9. The molecule has 8 nitrogen and oxygen atoms in total. The van der Waals surface area contributed by atoms with Crippen LogP contribution in [0.3, 0.4) is 0 Å². The van der Waals surface area contributed by atoms with E-state index in [2.05, 4.69) is 31.2 Å². The molecule has 1 aliphatic heterocycles. The van der Waals surface area contributed by atoms with Crippen molar-refractivity contribution in [2.45, 2.75) is 25.0 Å². The Morgan fingerprint density at radius 3 is 2.71 bits per heavy atom. The van der Waals surface area contributed by atoms with Gasteiger partial charge >= 0.3 is 0 Å². The molecule has 1 aromatic carbocycles. The van der Waals surface area contributed by atoms with Crippen LogP contribution in [0.15, 0.2) is 33.9 Å². The molecular formula is C14H17BrN6O2S. The highest BCUT2D eigenvalue weighted by Crippen LogP contribution is 2.37. The number of aliphatic hydroxyl groups is 1. The normalized spacial score (nSPS) is 18.8. The summed E-state index contributed by atoms with van der Waals surface area (Å²) in [4.78, 5) is 9.80. The van der Waals surface area contributed by atoms with E-state index in [0.717, 1.165) is 10.0 Å². The van der Waals surface area contributed by atoms with E-state index in [4.69, 9.17) is 10.5 Å². The van der Waals surface area contributed by atoms with Crippen LogP contribution in [-0.4, -0.2) is 31.4 Å². The topological polar surface area (TPSA) is 128 Å². The number of nitrogen functional groups attached to an aromatic ring is 1. The fourth-order valence-corrected chi connectivity index (χ4v) is 3.34. The number of benzene rings is 1. The molecule has 1 aliphatic rings. The van der Waals surface area contributed by atoms with E-state index >= 15 is 0 Å². The van der Waals surface area contributed by atoms with Crippen LogP contribution in [0.2, 0.25) is 0 Å². The van der Waals surface area contributed by atoms with Gasteiger partial charge in [-0.15, -0.1) is 0 Å². The first-order valence-electron chi connectivity index (χ1n) is 7.21. The Balaban J connectivity index is 2.02. The van der Waals surface area contributed by atoms with Crippen molar-refractivity contribution in [3.8, 4) is 0 Å². The summed E-state index contributed by atoms with van der Waals surface area (Å²) in [5.74, 6) is 0.510. The van der Waals surface area contributed by atoms with Gasteiger partial charge in [0.2, 0.25) is 11.5 Å². The molecule has 2 atom stereocenters. The SMILES string of the molecule is CCS(=N)(=O)c1nc(N)c2c(n1)N(Cc1ccc(Br)cc1)C(O)N2. The summed E-state index contributed by atoms with van der Waals surface area (Å²) in [6.07, 6.45) is -1.03. The van der Waals surface area contributed by atoms with Crippen molar-refractivity contribution < 1.29 is 9.32 Å². The van der Waals surface area contributed by atoms with Gasteiger partial charge in [-0.1, -0.05) is 35.0 Å². The van der Waals surface area contributed by atoms with Crippen molar-refractivity contribution in [2.75, 3.05) is 21.7 Å². The number of halogens is 1. The predicted molar refractivity (Wildman–Crippen MR) is 96.1 cm³/mol. The van der Waals surface area contributed by atoms with Gasteiger partial charge in [-0.25, -0.2) is 14.0 Å². The summed E-state index contributed by atoms with van der Waals surface area (Å²) >= 11 is 3.38. The maximum absolute atomic E-state index is 12.3. The monoisotopic (exact) mass is 412 g/mol. The van der Waals surface area contributed by atoms with Crippen LogP contribution < -0.4 is 16.0 Å². The Hall–Kier alpha value is -1.91. The minimum absolute atomic E-state index is 0.0702. The maximum atomic E-state index is 12.3. The van der Waals surface area contributed by atoms with Crippen molar-refractivity contribution in [3.05, 3.63) is 34.3 Å². The van der Waals surface area contributed by atoms with E-state index in [9.17, 15) is 9.32 Å². The summed E-state index contributed by atoms with van der Waals surface area (Å²) in [6.45, 7) is 2.00. The molecule has 0 spiro atoms. The van der Waals surface area contributed by atoms with E-state index in [-0.39, 0.29) is 16.7 Å². The third-order valence-corrected chi connectivity index (χ3v) is 5.82. The van der Waals surface area contributed by atoms with Crippen LogP contribution in [0.25, 0.3) is 0 Å². The first-order valence-corrected chi connectivity index (χ1v) is 9.73. The van der Waals surface area contributed by atoms with Crippen LogP contribution in [0, 0.1) is 4.78 Å². The molecule has 24 heavy (non-hydrogen) atoms. The highest BCUT2D eigenvalue weighted by atomic mass is 79.9. The summed E-state index contributed by atoms with van der Waals surface area (Å²) < 4.78 is 21.1. The van der Waals surface area contributed by atoms with E-state index < -0.39 is 16.1 Å². The molecule has 0 saturated heterocycles. The lowest BCUT2D eigenvalue weighted by atomic mass is 10.2. The molecule has 2 unspecified atom stereocenters. The van der Waals surface area contributed by atoms with Gasteiger partial charge in [-0.05, 0) is 17.7 Å². The second-order valence-electron chi connectivity index (χ2n) is 5.33. The molecule has 0 bridgehead atoms.